The number of aromatic nitrogens is 4. The minimum Gasteiger partial charge on any atom is -0.471 e. The number of halogens is 1. The molecule has 0 atom stereocenters. The lowest BCUT2D eigenvalue weighted by Gasteiger charge is -2.16. The second kappa shape index (κ2) is 8.48. The van der Waals surface area contributed by atoms with Gasteiger partial charge in [0.05, 0.1) is 5.69 Å². The van der Waals surface area contributed by atoms with Crippen LogP contribution in [-0.2, 0) is 19.8 Å². The van der Waals surface area contributed by atoms with Crippen LogP contribution in [0, 0.1) is 13.8 Å². The molecule has 8 heteroatoms. The van der Waals surface area contributed by atoms with E-state index in [0.29, 0.717) is 23.0 Å². The molecule has 0 saturated heterocycles. The zero-order chi connectivity index (χ0) is 20.3. The number of aryl methyl sites for hydroxylation is 2. The quantitative estimate of drug-likeness (QED) is 0.605. The van der Waals surface area contributed by atoms with Crippen LogP contribution in [0.2, 0.25) is 5.02 Å². The third kappa shape index (κ3) is 4.36. The topological polar surface area (TPSA) is 65.2 Å². The maximum atomic E-state index is 12.7. The summed E-state index contributed by atoms with van der Waals surface area (Å²) < 4.78 is 9.18. The van der Waals surface area contributed by atoms with E-state index in [1.807, 2.05) is 18.5 Å². The number of benzene rings is 1. The molecular weight excluding hydrogens is 378 g/mol. The SMILES string of the molecule is CCn1nc(C)c(CN(C)C(=O)c2ccn(COc3ccc(Cl)cc3)n2)c1C. The first kappa shape index (κ1) is 19.9. The average molecular weight is 402 g/mol. The van der Waals surface area contributed by atoms with Gasteiger partial charge in [0.2, 0.25) is 0 Å². The lowest BCUT2D eigenvalue weighted by Crippen LogP contribution is -2.27. The third-order valence-electron chi connectivity index (χ3n) is 4.61. The van der Waals surface area contributed by atoms with Crippen molar-refractivity contribution in [1.29, 1.82) is 0 Å². The predicted octanol–water partition coefficient (Wildman–Crippen LogP) is 3.68. The molecular formula is C20H24ClN5O2. The maximum Gasteiger partial charge on any atom is 0.274 e. The monoisotopic (exact) mass is 401 g/mol. The molecule has 0 spiro atoms. The Hall–Kier alpha value is -2.80. The normalized spacial score (nSPS) is 10.9. The number of rotatable bonds is 7. The van der Waals surface area contributed by atoms with E-state index in [2.05, 4.69) is 17.1 Å². The number of carbonyl (C=O) groups is 1. The third-order valence-corrected chi connectivity index (χ3v) is 4.86. The fraction of sp³-hybridized carbons (Fsp3) is 0.350. The van der Waals surface area contributed by atoms with Gasteiger partial charge >= 0.3 is 0 Å². The summed E-state index contributed by atoms with van der Waals surface area (Å²) in [6.45, 7) is 7.56. The van der Waals surface area contributed by atoms with Crippen LogP contribution in [0.1, 0.15) is 34.4 Å². The molecule has 2 heterocycles. The Kier molecular flexibility index (Phi) is 6.04. The van der Waals surface area contributed by atoms with Crippen molar-refractivity contribution >= 4 is 17.5 Å². The Morgan fingerprint density at radius 3 is 2.54 bits per heavy atom. The van der Waals surface area contributed by atoms with Gasteiger partial charge in [-0.2, -0.15) is 10.2 Å². The highest BCUT2D eigenvalue weighted by atomic mass is 35.5. The van der Waals surface area contributed by atoms with Crippen molar-refractivity contribution in [3.05, 3.63) is 64.2 Å². The van der Waals surface area contributed by atoms with Crippen LogP contribution in [0.5, 0.6) is 5.75 Å². The molecule has 7 nitrogen and oxygen atoms in total. The fourth-order valence-electron chi connectivity index (χ4n) is 2.99. The number of hydrogen-bond acceptors (Lipinski definition) is 4. The Balaban J connectivity index is 1.63. The summed E-state index contributed by atoms with van der Waals surface area (Å²) in [5.41, 5.74) is 3.48. The molecule has 148 valence electrons. The largest absolute Gasteiger partial charge is 0.471 e. The number of hydrogen-bond donors (Lipinski definition) is 0. The van der Waals surface area contributed by atoms with Gasteiger partial charge in [-0.05, 0) is 51.1 Å². The smallest absolute Gasteiger partial charge is 0.274 e. The van der Waals surface area contributed by atoms with Gasteiger partial charge in [-0.25, -0.2) is 4.68 Å². The van der Waals surface area contributed by atoms with E-state index in [4.69, 9.17) is 16.3 Å². The van der Waals surface area contributed by atoms with Gasteiger partial charge in [-0.15, -0.1) is 0 Å². The summed E-state index contributed by atoms with van der Waals surface area (Å²) in [4.78, 5) is 14.4. The minimum absolute atomic E-state index is 0.145. The number of amides is 1. The molecule has 0 bridgehead atoms. The first-order valence-electron chi connectivity index (χ1n) is 9.09. The highest BCUT2D eigenvalue weighted by Gasteiger charge is 2.19. The Morgan fingerprint density at radius 2 is 1.89 bits per heavy atom. The molecule has 3 aromatic rings. The van der Waals surface area contributed by atoms with Gasteiger partial charge in [0.1, 0.15) is 5.75 Å². The summed E-state index contributed by atoms with van der Waals surface area (Å²) in [5, 5.41) is 9.49. The first-order valence-corrected chi connectivity index (χ1v) is 9.47. The van der Waals surface area contributed by atoms with Crippen molar-refractivity contribution in [2.24, 2.45) is 0 Å². The van der Waals surface area contributed by atoms with Crippen molar-refractivity contribution in [3.8, 4) is 5.75 Å². The van der Waals surface area contributed by atoms with Crippen LogP contribution in [0.15, 0.2) is 36.5 Å². The lowest BCUT2D eigenvalue weighted by molar-refractivity contribution is 0.0776. The van der Waals surface area contributed by atoms with E-state index >= 15 is 0 Å². The Morgan fingerprint density at radius 1 is 1.18 bits per heavy atom. The summed E-state index contributed by atoms with van der Waals surface area (Å²) in [6, 6.07) is 8.78. The fourth-order valence-corrected chi connectivity index (χ4v) is 3.12. The van der Waals surface area contributed by atoms with Gasteiger partial charge in [0, 0.05) is 42.6 Å². The summed E-state index contributed by atoms with van der Waals surface area (Å²) >= 11 is 5.86. The maximum absolute atomic E-state index is 12.7. The Labute approximate surface area is 169 Å². The molecule has 0 unspecified atom stereocenters. The molecule has 0 aliphatic heterocycles. The van der Waals surface area contributed by atoms with Crippen molar-refractivity contribution in [2.45, 2.75) is 40.6 Å². The van der Waals surface area contributed by atoms with Crippen LogP contribution in [0.4, 0.5) is 0 Å². The summed E-state index contributed by atoms with van der Waals surface area (Å²) in [6.07, 6.45) is 1.72. The molecule has 0 saturated carbocycles. The van der Waals surface area contributed by atoms with Crippen LogP contribution in [-0.4, -0.2) is 37.4 Å². The van der Waals surface area contributed by atoms with E-state index in [-0.39, 0.29) is 12.6 Å². The molecule has 0 radical (unpaired) electrons. The molecule has 0 aliphatic rings. The van der Waals surface area contributed by atoms with Gasteiger partial charge in [-0.3, -0.25) is 9.48 Å². The molecule has 2 aromatic heterocycles. The van der Waals surface area contributed by atoms with Crippen LogP contribution in [0.25, 0.3) is 0 Å². The van der Waals surface area contributed by atoms with E-state index in [9.17, 15) is 4.79 Å². The lowest BCUT2D eigenvalue weighted by atomic mass is 10.2. The molecule has 1 amide bonds. The number of ether oxygens (including phenoxy) is 1. The standard InChI is InChI=1S/C20H24ClN5O2/c1-5-26-15(3)18(14(2)22-26)12-24(4)20(27)19-10-11-25(23-19)13-28-17-8-6-16(21)7-9-17/h6-11H,5,12-13H2,1-4H3. The van der Waals surface area contributed by atoms with E-state index in [0.717, 1.165) is 23.5 Å². The number of carbonyl (C=O) groups excluding carboxylic acids is 1. The van der Waals surface area contributed by atoms with Crippen molar-refractivity contribution in [1.82, 2.24) is 24.5 Å². The van der Waals surface area contributed by atoms with Crippen LogP contribution < -0.4 is 4.74 Å². The van der Waals surface area contributed by atoms with E-state index in [1.54, 1.807) is 53.2 Å². The summed E-state index contributed by atoms with van der Waals surface area (Å²) in [5.74, 6) is 0.539. The Bertz CT molecular complexity index is 962. The summed E-state index contributed by atoms with van der Waals surface area (Å²) in [7, 11) is 1.77. The van der Waals surface area contributed by atoms with Crippen molar-refractivity contribution < 1.29 is 9.53 Å². The van der Waals surface area contributed by atoms with Gasteiger partial charge in [0.15, 0.2) is 12.4 Å². The van der Waals surface area contributed by atoms with Crippen LogP contribution in [0.3, 0.4) is 0 Å². The second-order valence-corrected chi connectivity index (χ2v) is 7.03. The first-order chi connectivity index (χ1) is 13.4. The molecule has 0 fully saturated rings. The minimum atomic E-state index is -0.145. The van der Waals surface area contributed by atoms with Gasteiger partial charge in [-0.1, -0.05) is 11.6 Å². The van der Waals surface area contributed by atoms with Crippen LogP contribution >= 0.6 is 11.6 Å². The zero-order valence-electron chi connectivity index (χ0n) is 16.5. The zero-order valence-corrected chi connectivity index (χ0v) is 17.3. The molecule has 0 N–H and O–H groups in total. The molecule has 3 rings (SSSR count). The number of nitrogens with zero attached hydrogens (tertiary/aromatic N) is 5. The highest BCUT2D eigenvalue weighted by molar-refractivity contribution is 6.30. The highest BCUT2D eigenvalue weighted by Crippen LogP contribution is 2.17. The van der Waals surface area contributed by atoms with E-state index in [1.165, 1.54) is 0 Å². The van der Waals surface area contributed by atoms with Gasteiger partial charge < -0.3 is 9.64 Å². The van der Waals surface area contributed by atoms with Crippen molar-refractivity contribution in [3.63, 3.8) is 0 Å². The van der Waals surface area contributed by atoms with E-state index < -0.39 is 0 Å². The average Bonchev–Trinajstić information content (AvgIpc) is 3.26. The predicted molar refractivity (Wildman–Crippen MR) is 107 cm³/mol. The molecule has 1 aromatic carbocycles. The second-order valence-electron chi connectivity index (χ2n) is 6.59. The van der Waals surface area contributed by atoms with Crippen molar-refractivity contribution in [2.75, 3.05) is 7.05 Å². The van der Waals surface area contributed by atoms with Gasteiger partial charge in [0.25, 0.3) is 5.91 Å². The molecule has 28 heavy (non-hydrogen) atoms. The molecule has 0 aliphatic carbocycles.